The van der Waals surface area contributed by atoms with Gasteiger partial charge in [0, 0.05) is 31.6 Å². The normalized spacial score (nSPS) is 14.2. The molecule has 28 heavy (non-hydrogen) atoms. The number of hydrogen-bond donors (Lipinski definition) is 1. The molecule has 9 heteroatoms. The number of thiophene rings is 1. The first kappa shape index (κ1) is 18.5. The number of carbonyl (C=O) groups is 1. The van der Waals surface area contributed by atoms with E-state index >= 15 is 0 Å². The molecule has 8 nitrogen and oxygen atoms in total. The Bertz CT molecular complexity index is 1210. The molecule has 0 spiro atoms. The van der Waals surface area contributed by atoms with Crippen LogP contribution in [0.4, 0.5) is 0 Å². The highest BCUT2D eigenvalue weighted by molar-refractivity contribution is 7.20. The van der Waals surface area contributed by atoms with E-state index in [0.717, 1.165) is 5.69 Å². The Balaban J connectivity index is 1.68. The van der Waals surface area contributed by atoms with E-state index in [1.165, 1.54) is 17.7 Å². The van der Waals surface area contributed by atoms with Gasteiger partial charge in [-0.25, -0.2) is 9.97 Å². The Hall–Kier alpha value is -2.81. The molecule has 0 aromatic carbocycles. The van der Waals surface area contributed by atoms with Crippen LogP contribution in [0.5, 0.6) is 0 Å². The van der Waals surface area contributed by atoms with E-state index in [4.69, 9.17) is 0 Å². The monoisotopic (exact) mass is 399 g/mol. The van der Waals surface area contributed by atoms with Gasteiger partial charge in [-0.1, -0.05) is 0 Å². The maximum atomic E-state index is 13.2. The van der Waals surface area contributed by atoms with Crippen molar-refractivity contribution in [2.75, 3.05) is 13.1 Å². The summed E-state index contributed by atoms with van der Waals surface area (Å²) in [5, 5.41) is 0.518. The van der Waals surface area contributed by atoms with Crippen molar-refractivity contribution >= 4 is 27.5 Å². The molecule has 1 aliphatic heterocycles. The lowest BCUT2D eigenvalue weighted by Crippen LogP contribution is -2.33. The Morgan fingerprint density at radius 1 is 1.25 bits per heavy atom. The van der Waals surface area contributed by atoms with Gasteiger partial charge in [-0.15, -0.1) is 11.3 Å². The molecule has 0 atom stereocenters. The molecule has 0 radical (unpaired) electrons. The van der Waals surface area contributed by atoms with Crippen LogP contribution in [0.25, 0.3) is 10.2 Å². The third-order valence-corrected chi connectivity index (χ3v) is 6.40. The van der Waals surface area contributed by atoms with Crippen molar-refractivity contribution < 1.29 is 4.79 Å². The van der Waals surface area contributed by atoms with E-state index in [1.807, 2.05) is 6.92 Å². The van der Waals surface area contributed by atoms with Crippen LogP contribution in [0.2, 0.25) is 0 Å². The fourth-order valence-electron chi connectivity index (χ4n) is 3.67. The van der Waals surface area contributed by atoms with E-state index in [9.17, 15) is 14.4 Å². The van der Waals surface area contributed by atoms with Crippen LogP contribution in [0, 0.1) is 13.8 Å². The van der Waals surface area contributed by atoms with Crippen molar-refractivity contribution in [3.05, 3.63) is 54.6 Å². The lowest BCUT2D eigenvalue weighted by molar-refractivity contribution is 0.0767. The van der Waals surface area contributed by atoms with Gasteiger partial charge in [-0.3, -0.25) is 19.0 Å². The number of fused-ring (bicyclic) bond motifs is 2. The van der Waals surface area contributed by atoms with E-state index in [2.05, 4.69) is 15.0 Å². The van der Waals surface area contributed by atoms with Crippen molar-refractivity contribution in [3.8, 4) is 0 Å². The average Bonchev–Trinajstić information content (AvgIpc) is 2.85. The van der Waals surface area contributed by atoms with Crippen LogP contribution in [0.3, 0.4) is 0 Å². The SMILES string of the molecule is CCn1cnc2sc(C(=O)N3CCc4nc(C)[nH]c(=O)c4CC3)c(C)c2c1=O. The lowest BCUT2D eigenvalue weighted by Gasteiger charge is -2.19. The van der Waals surface area contributed by atoms with Crippen molar-refractivity contribution in [3.63, 3.8) is 0 Å². The summed E-state index contributed by atoms with van der Waals surface area (Å²) in [6.45, 7) is 6.91. The van der Waals surface area contributed by atoms with Gasteiger partial charge in [0.1, 0.15) is 10.7 Å². The first-order valence-corrected chi connectivity index (χ1v) is 10.1. The van der Waals surface area contributed by atoms with Gasteiger partial charge in [-0.2, -0.15) is 0 Å². The van der Waals surface area contributed by atoms with Crippen molar-refractivity contribution in [1.29, 1.82) is 0 Å². The molecule has 1 aliphatic rings. The largest absolute Gasteiger partial charge is 0.337 e. The average molecular weight is 399 g/mol. The second kappa shape index (κ2) is 6.97. The van der Waals surface area contributed by atoms with Gasteiger partial charge in [0.25, 0.3) is 17.0 Å². The minimum atomic E-state index is -0.126. The fraction of sp³-hybridized carbons (Fsp3) is 0.421. The summed E-state index contributed by atoms with van der Waals surface area (Å²) in [6.07, 6.45) is 2.53. The summed E-state index contributed by atoms with van der Waals surface area (Å²) in [6, 6.07) is 0. The van der Waals surface area contributed by atoms with Crippen LogP contribution in [-0.4, -0.2) is 43.4 Å². The molecule has 0 aliphatic carbocycles. The highest BCUT2D eigenvalue weighted by atomic mass is 32.1. The number of H-pyrrole nitrogens is 1. The topological polar surface area (TPSA) is 101 Å². The Morgan fingerprint density at radius 3 is 2.75 bits per heavy atom. The highest BCUT2D eigenvalue weighted by Gasteiger charge is 2.26. The minimum Gasteiger partial charge on any atom is -0.337 e. The van der Waals surface area contributed by atoms with E-state index in [-0.39, 0.29) is 17.0 Å². The summed E-state index contributed by atoms with van der Waals surface area (Å²) < 4.78 is 1.54. The lowest BCUT2D eigenvalue weighted by atomic mass is 10.1. The van der Waals surface area contributed by atoms with Crippen molar-refractivity contribution in [2.45, 2.75) is 40.2 Å². The zero-order chi connectivity index (χ0) is 20.0. The van der Waals surface area contributed by atoms with Crippen LogP contribution >= 0.6 is 11.3 Å². The molecule has 0 unspecified atom stereocenters. The molecule has 0 fully saturated rings. The van der Waals surface area contributed by atoms with Gasteiger partial charge in [0.05, 0.1) is 22.3 Å². The second-order valence-electron chi connectivity index (χ2n) is 6.94. The third kappa shape index (κ3) is 2.95. The number of aromatic nitrogens is 4. The predicted molar refractivity (Wildman–Crippen MR) is 107 cm³/mol. The Kier molecular flexibility index (Phi) is 4.62. The zero-order valence-electron chi connectivity index (χ0n) is 16.0. The summed E-state index contributed by atoms with van der Waals surface area (Å²) in [7, 11) is 0. The van der Waals surface area contributed by atoms with E-state index in [0.29, 0.717) is 64.5 Å². The van der Waals surface area contributed by atoms with Gasteiger partial charge < -0.3 is 9.88 Å². The van der Waals surface area contributed by atoms with Crippen molar-refractivity contribution in [2.24, 2.45) is 0 Å². The molecule has 4 rings (SSSR count). The summed E-state index contributed by atoms with van der Waals surface area (Å²) in [5.74, 6) is 0.464. The first-order chi connectivity index (χ1) is 13.4. The van der Waals surface area contributed by atoms with Crippen LogP contribution in [0.15, 0.2) is 15.9 Å². The number of nitrogens with zero attached hydrogens (tertiary/aromatic N) is 4. The number of amides is 1. The summed E-state index contributed by atoms with van der Waals surface area (Å²) in [4.78, 5) is 52.4. The summed E-state index contributed by atoms with van der Waals surface area (Å²) >= 11 is 1.26. The zero-order valence-corrected chi connectivity index (χ0v) is 16.9. The van der Waals surface area contributed by atoms with Gasteiger partial charge in [0.15, 0.2) is 0 Å². The first-order valence-electron chi connectivity index (χ1n) is 9.27. The van der Waals surface area contributed by atoms with Crippen LogP contribution < -0.4 is 11.1 Å². The minimum absolute atomic E-state index is 0.116. The third-order valence-electron chi connectivity index (χ3n) is 5.21. The molecular formula is C19H21N5O3S. The number of aryl methyl sites for hydroxylation is 3. The summed E-state index contributed by atoms with van der Waals surface area (Å²) in [5.41, 5.74) is 1.85. The molecule has 0 saturated carbocycles. The Labute approximate surface area is 164 Å². The quantitative estimate of drug-likeness (QED) is 0.702. The molecular weight excluding hydrogens is 378 g/mol. The van der Waals surface area contributed by atoms with E-state index in [1.54, 1.807) is 23.3 Å². The molecule has 3 aromatic heterocycles. The molecule has 4 heterocycles. The van der Waals surface area contributed by atoms with Gasteiger partial charge in [-0.05, 0) is 32.8 Å². The Morgan fingerprint density at radius 2 is 2.00 bits per heavy atom. The number of rotatable bonds is 2. The van der Waals surface area contributed by atoms with E-state index < -0.39 is 0 Å². The van der Waals surface area contributed by atoms with Crippen LogP contribution in [0.1, 0.15) is 39.2 Å². The standard InChI is InChI=1S/C19H21N5O3S/c1-4-23-9-20-17-14(18(23)26)10(2)15(28-17)19(27)24-7-5-12-13(6-8-24)21-11(3)22-16(12)25/h9H,4-8H2,1-3H3,(H,21,22,25). The molecule has 1 amide bonds. The predicted octanol–water partition coefficient (Wildman–Crippen LogP) is 1.42. The number of nitrogens with one attached hydrogen (secondary N) is 1. The molecule has 3 aromatic rings. The number of aromatic amines is 1. The van der Waals surface area contributed by atoms with Gasteiger partial charge >= 0.3 is 0 Å². The smallest absolute Gasteiger partial charge is 0.264 e. The molecule has 0 bridgehead atoms. The molecule has 146 valence electrons. The number of carbonyl (C=O) groups excluding carboxylic acids is 1. The molecule has 0 saturated heterocycles. The second-order valence-corrected chi connectivity index (χ2v) is 7.94. The van der Waals surface area contributed by atoms with Crippen LogP contribution in [-0.2, 0) is 19.4 Å². The number of hydrogen-bond acceptors (Lipinski definition) is 6. The highest BCUT2D eigenvalue weighted by Crippen LogP contribution is 2.28. The maximum Gasteiger partial charge on any atom is 0.264 e. The maximum absolute atomic E-state index is 13.2. The molecule has 1 N–H and O–H groups in total. The fourth-order valence-corrected chi connectivity index (χ4v) is 4.78. The van der Waals surface area contributed by atoms with Crippen molar-refractivity contribution in [1.82, 2.24) is 24.4 Å². The van der Waals surface area contributed by atoms with Gasteiger partial charge in [0.2, 0.25) is 0 Å².